The Morgan fingerprint density at radius 2 is 1.88 bits per heavy atom. The molecule has 0 fully saturated rings. The summed E-state index contributed by atoms with van der Waals surface area (Å²) in [6.07, 6.45) is 3.44. The molecule has 0 aromatic heterocycles. The third-order valence-electron chi connectivity index (χ3n) is 2.62. The van der Waals surface area contributed by atoms with Gasteiger partial charge in [0, 0.05) is 19.0 Å². The van der Waals surface area contributed by atoms with E-state index >= 15 is 0 Å². The number of carbonyl (C=O) groups excluding carboxylic acids is 1. The lowest BCUT2D eigenvalue weighted by Crippen LogP contribution is -2.25. The van der Waals surface area contributed by atoms with Crippen LogP contribution in [0.3, 0.4) is 0 Å². The molecule has 0 aliphatic heterocycles. The van der Waals surface area contributed by atoms with Gasteiger partial charge in [0.2, 0.25) is 5.91 Å². The van der Waals surface area contributed by atoms with Crippen LogP contribution in [0.15, 0.2) is 0 Å². The minimum absolute atomic E-state index is 0.0219. The second kappa shape index (κ2) is 8.98. The first-order valence-corrected chi connectivity index (χ1v) is 6.18. The maximum Gasteiger partial charge on any atom is 0.306 e. The maximum atomic E-state index is 11.3. The lowest BCUT2D eigenvalue weighted by atomic mass is 10.1. The van der Waals surface area contributed by atoms with Gasteiger partial charge in [-0.25, -0.2) is 0 Å². The lowest BCUT2D eigenvalue weighted by molar-refractivity contribution is -0.141. The number of nitrogens with one attached hydrogen (secondary N) is 1. The van der Waals surface area contributed by atoms with Crippen molar-refractivity contribution in [2.75, 3.05) is 6.54 Å². The Morgan fingerprint density at radius 1 is 1.24 bits per heavy atom. The molecule has 0 bridgehead atoms. The van der Waals surface area contributed by atoms with E-state index in [0.29, 0.717) is 25.8 Å². The quantitative estimate of drug-likeness (QED) is 0.530. The smallest absolute Gasteiger partial charge is 0.306 e. The molecule has 0 saturated carbocycles. The van der Waals surface area contributed by atoms with Crippen molar-refractivity contribution in [1.82, 2.24) is 5.32 Å². The van der Waals surface area contributed by atoms with E-state index in [1.807, 2.05) is 6.92 Å². The van der Waals surface area contributed by atoms with Gasteiger partial charge in [0.25, 0.3) is 0 Å². The Balaban J connectivity index is 3.42. The number of aliphatic carboxylic acids is 1. The average Bonchev–Trinajstić information content (AvgIpc) is 2.23. The van der Waals surface area contributed by atoms with Crippen LogP contribution in [-0.4, -0.2) is 29.6 Å². The van der Waals surface area contributed by atoms with Gasteiger partial charge < -0.3 is 16.2 Å². The molecule has 100 valence electrons. The van der Waals surface area contributed by atoms with Crippen molar-refractivity contribution in [2.24, 2.45) is 11.7 Å². The first kappa shape index (κ1) is 15.9. The summed E-state index contributed by atoms with van der Waals surface area (Å²) in [6, 6.07) is 0.138. The van der Waals surface area contributed by atoms with Gasteiger partial charge in [-0.05, 0) is 32.6 Å². The Kier molecular flexibility index (Phi) is 8.40. The normalized spacial score (nSPS) is 14.1. The number of carbonyl (C=O) groups is 2. The summed E-state index contributed by atoms with van der Waals surface area (Å²) in [5.74, 6) is -1.10. The largest absolute Gasteiger partial charge is 0.481 e. The van der Waals surface area contributed by atoms with Crippen LogP contribution in [0.5, 0.6) is 0 Å². The van der Waals surface area contributed by atoms with Gasteiger partial charge in [0.05, 0.1) is 5.92 Å². The van der Waals surface area contributed by atoms with Crippen molar-refractivity contribution >= 4 is 11.9 Å². The van der Waals surface area contributed by atoms with Gasteiger partial charge in [0.1, 0.15) is 0 Å². The number of amides is 1. The van der Waals surface area contributed by atoms with Crippen molar-refractivity contribution in [3.8, 4) is 0 Å². The predicted octanol–water partition coefficient (Wildman–Crippen LogP) is 1.12. The Morgan fingerprint density at radius 3 is 2.41 bits per heavy atom. The summed E-state index contributed by atoms with van der Waals surface area (Å²) >= 11 is 0. The maximum absolute atomic E-state index is 11.3. The summed E-state index contributed by atoms with van der Waals surface area (Å²) < 4.78 is 0. The van der Waals surface area contributed by atoms with Crippen LogP contribution >= 0.6 is 0 Å². The van der Waals surface area contributed by atoms with Crippen molar-refractivity contribution in [3.05, 3.63) is 0 Å². The lowest BCUT2D eigenvalue weighted by Gasteiger charge is -2.08. The molecule has 4 N–H and O–H groups in total. The molecule has 0 heterocycles. The Labute approximate surface area is 103 Å². The summed E-state index contributed by atoms with van der Waals surface area (Å²) in [7, 11) is 0. The Bertz CT molecular complexity index is 242. The van der Waals surface area contributed by atoms with Crippen LogP contribution in [0.2, 0.25) is 0 Å². The highest BCUT2D eigenvalue weighted by Crippen LogP contribution is 2.04. The molecule has 0 spiro atoms. The van der Waals surface area contributed by atoms with Gasteiger partial charge >= 0.3 is 5.97 Å². The van der Waals surface area contributed by atoms with E-state index in [0.717, 1.165) is 12.8 Å². The Hall–Kier alpha value is -1.10. The number of carboxylic acid groups (broad SMARTS) is 1. The van der Waals surface area contributed by atoms with Crippen LogP contribution in [0.1, 0.15) is 46.0 Å². The van der Waals surface area contributed by atoms with Gasteiger partial charge in [-0.1, -0.05) is 6.92 Å². The van der Waals surface area contributed by atoms with E-state index in [-0.39, 0.29) is 17.9 Å². The summed E-state index contributed by atoms with van der Waals surface area (Å²) in [6.45, 7) is 4.15. The molecule has 0 saturated heterocycles. The molecule has 0 aromatic carbocycles. The fourth-order valence-electron chi connectivity index (χ4n) is 1.43. The zero-order valence-corrected chi connectivity index (χ0v) is 10.7. The molecule has 2 unspecified atom stereocenters. The summed E-state index contributed by atoms with van der Waals surface area (Å²) in [4.78, 5) is 21.9. The SMILES string of the molecule is CC(N)CCCC(=O)NCCCC(C)C(=O)O. The number of carboxylic acids is 1. The van der Waals surface area contributed by atoms with Crippen LogP contribution in [0, 0.1) is 5.92 Å². The molecule has 1 amide bonds. The highest BCUT2D eigenvalue weighted by molar-refractivity contribution is 5.75. The second-order valence-corrected chi connectivity index (χ2v) is 4.60. The van der Waals surface area contributed by atoms with E-state index in [9.17, 15) is 9.59 Å². The number of nitrogens with two attached hydrogens (primary N) is 1. The van der Waals surface area contributed by atoms with E-state index in [2.05, 4.69) is 5.32 Å². The molecule has 5 nitrogen and oxygen atoms in total. The molecular formula is C12H24N2O3. The minimum atomic E-state index is -0.784. The first-order valence-electron chi connectivity index (χ1n) is 6.18. The third kappa shape index (κ3) is 9.81. The fraction of sp³-hybridized carbons (Fsp3) is 0.833. The molecule has 0 aliphatic rings. The molecule has 17 heavy (non-hydrogen) atoms. The summed E-state index contributed by atoms with van der Waals surface area (Å²) in [5.41, 5.74) is 5.57. The fourth-order valence-corrected chi connectivity index (χ4v) is 1.43. The highest BCUT2D eigenvalue weighted by Gasteiger charge is 2.10. The predicted molar refractivity (Wildman–Crippen MR) is 66.5 cm³/mol. The molecule has 5 heteroatoms. The van der Waals surface area contributed by atoms with Crippen molar-refractivity contribution < 1.29 is 14.7 Å². The summed E-state index contributed by atoms with van der Waals surface area (Å²) in [5, 5.41) is 11.4. The monoisotopic (exact) mass is 244 g/mol. The first-order chi connectivity index (χ1) is 7.93. The minimum Gasteiger partial charge on any atom is -0.481 e. The van der Waals surface area contributed by atoms with Crippen LogP contribution in [0.4, 0.5) is 0 Å². The molecule has 0 rings (SSSR count). The molecule has 0 aliphatic carbocycles. The molecule has 2 atom stereocenters. The van der Waals surface area contributed by atoms with Gasteiger partial charge in [-0.2, -0.15) is 0 Å². The standard InChI is InChI=1S/C12H24N2O3/c1-9(12(16)17)5-4-8-14-11(15)7-3-6-10(2)13/h9-10H,3-8,13H2,1-2H3,(H,14,15)(H,16,17). The van der Waals surface area contributed by atoms with Crippen LogP contribution in [-0.2, 0) is 9.59 Å². The van der Waals surface area contributed by atoms with Crippen molar-refractivity contribution in [3.63, 3.8) is 0 Å². The second-order valence-electron chi connectivity index (χ2n) is 4.60. The topological polar surface area (TPSA) is 92.4 Å². The van der Waals surface area contributed by atoms with E-state index in [1.165, 1.54) is 0 Å². The molecule has 0 radical (unpaired) electrons. The van der Waals surface area contributed by atoms with E-state index < -0.39 is 5.97 Å². The van der Waals surface area contributed by atoms with Crippen LogP contribution < -0.4 is 11.1 Å². The van der Waals surface area contributed by atoms with E-state index in [1.54, 1.807) is 6.92 Å². The van der Waals surface area contributed by atoms with Gasteiger partial charge in [-0.15, -0.1) is 0 Å². The van der Waals surface area contributed by atoms with Crippen molar-refractivity contribution in [2.45, 2.75) is 52.0 Å². The average molecular weight is 244 g/mol. The van der Waals surface area contributed by atoms with Gasteiger partial charge in [-0.3, -0.25) is 9.59 Å². The zero-order valence-electron chi connectivity index (χ0n) is 10.7. The number of hydrogen-bond acceptors (Lipinski definition) is 3. The third-order valence-corrected chi connectivity index (χ3v) is 2.62. The van der Waals surface area contributed by atoms with Crippen molar-refractivity contribution in [1.29, 1.82) is 0 Å². The molecule has 0 aromatic rings. The number of hydrogen-bond donors (Lipinski definition) is 3. The van der Waals surface area contributed by atoms with E-state index in [4.69, 9.17) is 10.8 Å². The van der Waals surface area contributed by atoms with Crippen LogP contribution in [0.25, 0.3) is 0 Å². The zero-order chi connectivity index (χ0) is 13.3. The molecular weight excluding hydrogens is 220 g/mol. The number of rotatable bonds is 9. The highest BCUT2D eigenvalue weighted by atomic mass is 16.4. The van der Waals surface area contributed by atoms with Gasteiger partial charge in [0.15, 0.2) is 0 Å².